The summed E-state index contributed by atoms with van der Waals surface area (Å²) in [5.41, 5.74) is 6.14. The van der Waals surface area contributed by atoms with Crippen molar-refractivity contribution in [2.24, 2.45) is 11.7 Å². The van der Waals surface area contributed by atoms with Crippen LogP contribution in [0.2, 0.25) is 0 Å². The van der Waals surface area contributed by atoms with Gasteiger partial charge < -0.3 is 11.1 Å². The fourth-order valence-electron chi connectivity index (χ4n) is 2.56. The van der Waals surface area contributed by atoms with Crippen molar-refractivity contribution >= 4 is 11.3 Å². The average Bonchev–Trinajstić information content (AvgIpc) is 2.85. The number of thiophene rings is 1. The van der Waals surface area contributed by atoms with Gasteiger partial charge in [0, 0.05) is 23.5 Å². The summed E-state index contributed by atoms with van der Waals surface area (Å²) in [4.78, 5) is 1.40. The molecule has 1 aliphatic carbocycles. The SMILES string of the molecule is CC1CCCC1(CN)NCc1cccs1. The van der Waals surface area contributed by atoms with E-state index in [0.717, 1.165) is 13.1 Å². The van der Waals surface area contributed by atoms with Gasteiger partial charge in [-0.1, -0.05) is 19.4 Å². The molecule has 1 saturated carbocycles. The Balaban J connectivity index is 1.96. The second-order valence-corrected chi connectivity index (χ2v) is 5.62. The maximum atomic E-state index is 5.94. The van der Waals surface area contributed by atoms with Gasteiger partial charge in [0.1, 0.15) is 0 Å². The highest BCUT2D eigenvalue weighted by atomic mass is 32.1. The van der Waals surface area contributed by atoms with Gasteiger partial charge in [0.25, 0.3) is 0 Å². The molecule has 0 bridgehead atoms. The molecule has 0 amide bonds. The van der Waals surface area contributed by atoms with E-state index in [4.69, 9.17) is 5.73 Å². The predicted octanol–water partition coefficient (Wildman–Crippen LogP) is 2.36. The quantitative estimate of drug-likeness (QED) is 0.824. The lowest BCUT2D eigenvalue weighted by Gasteiger charge is -2.33. The van der Waals surface area contributed by atoms with Crippen LogP contribution in [0.15, 0.2) is 17.5 Å². The standard InChI is InChI=1S/C12H20N2S/c1-10-4-2-6-12(10,9-13)14-8-11-5-3-7-15-11/h3,5,7,10,14H,2,4,6,8-9,13H2,1H3. The molecular weight excluding hydrogens is 204 g/mol. The second-order valence-electron chi connectivity index (χ2n) is 4.59. The molecule has 84 valence electrons. The zero-order valence-electron chi connectivity index (χ0n) is 9.33. The minimum atomic E-state index is 0.198. The Kier molecular flexibility index (Phi) is 3.44. The largest absolute Gasteiger partial charge is 0.329 e. The van der Waals surface area contributed by atoms with E-state index in [1.807, 2.05) is 11.3 Å². The first-order valence-electron chi connectivity index (χ1n) is 5.74. The van der Waals surface area contributed by atoms with Crippen LogP contribution in [0.1, 0.15) is 31.1 Å². The van der Waals surface area contributed by atoms with Crippen LogP contribution in [-0.4, -0.2) is 12.1 Å². The van der Waals surface area contributed by atoms with Gasteiger partial charge in [-0.05, 0) is 30.2 Å². The van der Waals surface area contributed by atoms with E-state index < -0.39 is 0 Å². The van der Waals surface area contributed by atoms with E-state index in [-0.39, 0.29) is 5.54 Å². The predicted molar refractivity (Wildman–Crippen MR) is 66.0 cm³/mol. The van der Waals surface area contributed by atoms with Gasteiger partial charge >= 0.3 is 0 Å². The van der Waals surface area contributed by atoms with Crippen molar-refractivity contribution in [3.05, 3.63) is 22.4 Å². The molecule has 0 aliphatic heterocycles. The van der Waals surface area contributed by atoms with Crippen LogP contribution in [0.25, 0.3) is 0 Å². The summed E-state index contributed by atoms with van der Waals surface area (Å²) in [7, 11) is 0. The lowest BCUT2D eigenvalue weighted by molar-refractivity contribution is 0.265. The van der Waals surface area contributed by atoms with Crippen LogP contribution < -0.4 is 11.1 Å². The van der Waals surface area contributed by atoms with Crippen molar-refractivity contribution in [1.29, 1.82) is 0 Å². The minimum Gasteiger partial charge on any atom is -0.329 e. The number of nitrogens with one attached hydrogen (secondary N) is 1. The molecule has 2 atom stereocenters. The van der Waals surface area contributed by atoms with Gasteiger partial charge in [-0.15, -0.1) is 11.3 Å². The molecule has 1 aromatic rings. The van der Waals surface area contributed by atoms with Crippen molar-refractivity contribution in [2.75, 3.05) is 6.54 Å². The van der Waals surface area contributed by atoms with E-state index >= 15 is 0 Å². The van der Waals surface area contributed by atoms with Crippen molar-refractivity contribution in [3.63, 3.8) is 0 Å². The lowest BCUT2D eigenvalue weighted by Crippen LogP contribution is -2.52. The highest BCUT2D eigenvalue weighted by Gasteiger charge is 2.38. The van der Waals surface area contributed by atoms with Crippen molar-refractivity contribution in [1.82, 2.24) is 5.32 Å². The fourth-order valence-corrected chi connectivity index (χ4v) is 3.21. The lowest BCUT2D eigenvalue weighted by atomic mass is 9.88. The Morgan fingerprint density at radius 3 is 3.07 bits per heavy atom. The Bertz CT molecular complexity index is 297. The summed E-state index contributed by atoms with van der Waals surface area (Å²) in [6.45, 7) is 4.06. The second kappa shape index (κ2) is 4.64. The van der Waals surface area contributed by atoms with E-state index in [9.17, 15) is 0 Å². The maximum absolute atomic E-state index is 5.94. The Morgan fingerprint density at radius 1 is 1.67 bits per heavy atom. The first-order valence-corrected chi connectivity index (χ1v) is 6.62. The van der Waals surface area contributed by atoms with Crippen molar-refractivity contribution in [3.8, 4) is 0 Å². The highest BCUT2D eigenvalue weighted by molar-refractivity contribution is 7.09. The number of hydrogen-bond acceptors (Lipinski definition) is 3. The van der Waals surface area contributed by atoms with Crippen molar-refractivity contribution < 1.29 is 0 Å². The van der Waals surface area contributed by atoms with Gasteiger partial charge in [0.15, 0.2) is 0 Å². The summed E-state index contributed by atoms with van der Waals surface area (Å²) < 4.78 is 0. The van der Waals surface area contributed by atoms with Crippen LogP contribution in [-0.2, 0) is 6.54 Å². The van der Waals surface area contributed by atoms with Crippen LogP contribution in [0, 0.1) is 5.92 Å². The fraction of sp³-hybridized carbons (Fsp3) is 0.667. The van der Waals surface area contributed by atoms with E-state index in [2.05, 4.69) is 29.8 Å². The van der Waals surface area contributed by atoms with Gasteiger partial charge in [0.2, 0.25) is 0 Å². The Labute approximate surface area is 95.9 Å². The van der Waals surface area contributed by atoms with E-state index in [0.29, 0.717) is 5.92 Å². The summed E-state index contributed by atoms with van der Waals surface area (Å²) in [6.07, 6.45) is 3.86. The van der Waals surface area contributed by atoms with Crippen LogP contribution in [0.5, 0.6) is 0 Å². The van der Waals surface area contributed by atoms with E-state index in [1.54, 1.807) is 0 Å². The monoisotopic (exact) mass is 224 g/mol. The molecule has 0 spiro atoms. The van der Waals surface area contributed by atoms with E-state index in [1.165, 1.54) is 24.1 Å². The first-order chi connectivity index (χ1) is 7.27. The minimum absolute atomic E-state index is 0.198. The van der Waals surface area contributed by atoms with Crippen molar-refractivity contribution in [2.45, 2.75) is 38.3 Å². The third kappa shape index (κ3) is 2.25. The topological polar surface area (TPSA) is 38.0 Å². The Hall–Kier alpha value is -0.380. The molecule has 15 heavy (non-hydrogen) atoms. The molecule has 0 aromatic carbocycles. The molecule has 1 aromatic heterocycles. The van der Waals surface area contributed by atoms with Gasteiger partial charge in [-0.2, -0.15) is 0 Å². The molecule has 1 fully saturated rings. The molecule has 1 heterocycles. The zero-order chi connectivity index (χ0) is 10.7. The smallest absolute Gasteiger partial charge is 0.0333 e. The summed E-state index contributed by atoms with van der Waals surface area (Å²) >= 11 is 1.81. The third-order valence-corrected chi connectivity index (χ3v) is 4.64. The molecule has 2 rings (SSSR count). The number of nitrogens with two attached hydrogens (primary N) is 1. The number of hydrogen-bond donors (Lipinski definition) is 2. The molecule has 0 radical (unpaired) electrons. The molecule has 3 N–H and O–H groups in total. The summed E-state index contributed by atoms with van der Waals surface area (Å²) in [6, 6.07) is 4.29. The maximum Gasteiger partial charge on any atom is 0.0333 e. The molecule has 3 heteroatoms. The Morgan fingerprint density at radius 2 is 2.53 bits per heavy atom. The molecular formula is C12H20N2S. The van der Waals surface area contributed by atoms with Crippen LogP contribution in [0.4, 0.5) is 0 Å². The normalized spacial score (nSPS) is 30.9. The van der Waals surface area contributed by atoms with Gasteiger partial charge in [-0.3, -0.25) is 0 Å². The van der Waals surface area contributed by atoms with Crippen LogP contribution in [0.3, 0.4) is 0 Å². The third-order valence-electron chi connectivity index (χ3n) is 3.76. The van der Waals surface area contributed by atoms with Gasteiger partial charge in [0.05, 0.1) is 0 Å². The average molecular weight is 224 g/mol. The molecule has 2 unspecified atom stereocenters. The van der Waals surface area contributed by atoms with Crippen LogP contribution >= 0.6 is 11.3 Å². The highest BCUT2D eigenvalue weighted by Crippen LogP contribution is 2.34. The molecule has 2 nitrogen and oxygen atoms in total. The summed E-state index contributed by atoms with van der Waals surface area (Å²) in [5, 5.41) is 5.81. The summed E-state index contributed by atoms with van der Waals surface area (Å²) in [5.74, 6) is 0.711. The first kappa shape index (κ1) is 11.1. The molecule has 0 saturated heterocycles. The molecule has 1 aliphatic rings. The number of rotatable bonds is 4. The van der Waals surface area contributed by atoms with Gasteiger partial charge in [-0.25, -0.2) is 0 Å². The zero-order valence-corrected chi connectivity index (χ0v) is 10.1.